The van der Waals surface area contributed by atoms with Crippen LogP contribution in [0, 0.1) is 29.9 Å². The van der Waals surface area contributed by atoms with E-state index < -0.39 is 0 Å². The molecule has 0 atom stereocenters. The maximum atomic E-state index is 13.6. The summed E-state index contributed by atoms with van der Waals surface area (Å²) in [6.45, 7) is 6.88. The Hall–Kier alpha value is -4.01. The number of amides is 1. The average Bonchev–Trinajstić information content (AvgIpc) is 3.27. The Balaban J connectivity index is 1.53. The van der Waals surface area contributed by atoms with Crippen LogP contribution in [0.5, 0.6) is 0 Å². The van der Waals surface area contributed by atoms with Crippen LogP contribution >= 0.6 is 24.0 Å². The van der Waals surface area contributed by atoms with Gasteiger partial charge in [-0.3, -0.25) is 19.1 Å². The smallest absolute Gasteiger partial charge is 0.270 e. The minimum Gasteiger partial charge on any atom is -0.368 e. The molecule has 1 amide bonds. The van der Waals surface area contributed by atoms with Crippen molar-refractivity contribution in [1.82, 2.24) is 9.47 Å². The van der Waals surface area contributed by atoms with Gasteiger partial charge in [0.2, 0.25) is 0 Å². The van der Waals surface area contributed by atoms with Crippen LogP contribution in [0.4, 0.5) is 20.3 Å². The number of piperazine rings is 1. The molecule has 2 aliphatic heterocycles. The van der Waals surface area contributed by atoms with E-state index in [4.69, 9.17) is 12.2 Å². The van der Waals surface area contributed by atoms with Crippen molar-refractivity contribution in [2.45, 2.75) is 39.8 Å². The molecule has 11 heteroatoms. The number of carbonyl (C=O) groups is 1. The normalized spacial score (nSPS) is 16.3. The number of hydrogen-bond donors (Lipinski definition) is 0. The molecule has 0 radical (unpaired) electrons. The van der Waals surface area contributed by atoms with Crippen LogP contribution in [0.3, 0.4) is 0 Å². The van der Waals surface area contributed by atoms with Crippen LogP contribution in [0.25, 0.3) is 6.08 Å². The van der Waals surface area contributed by atoms with Gasteiger partial charge in [-0.05, 0) is 66.9 Å². The van der Waals surface area contributed by atoms with Crippen molar-refractivity contribution in [1.29, 1.82) is 5.26 Å². The number of thiocarbonyl (C=S) groups is 1. The SMILES string of the molecule is CCCCn1c(N2CCN(c3ccc(F)cc3)CC2)c(/C=C2/SC(=S)N(Cc3ccc(F)cc3)C2=O)c(C)c(C#N)c1=O. The molecule has 5 rings (SSSR count). The fraction of sp³-hybridized carbons (Fsp3) is 0.312. The van der Waals surface area contributed by atoms with E-state index in [0.717, 1.165) is 24.1 Å². The van der Waals surface area contributed by atoms with Crippen molar-refractivity contribution < 1.29 is 13.6 Å². The second-order valence-electron chi connectivity index (χ2n) is 10.5. The summed E-state index contributed by atoms with van der Waals surface area (Å²) in [5.74, 6) is -0.252. The first-order chi connectivity index (χ1) is 20.7. The second-order valence-corrected chi connectivity index (χ2v) is 12.2. The van der Waals surface area contributed by atoms with Crippen LogP contribution in [0.15, 0.2) is 58.2 Å². The molecule has 1 aromatic heterocycles. The monoisotopic (exact) mass is 619 g/mol. The van der Waals surface area contributed by atoms with E-state index in [1.807, 2.05) is 6.92 Å². The summed E-state index contributed by atoms with van der Waals surface area (Å²) in [6.07, 6.45) is 3.36. The molecule has 3 heterocycles. The van der Waals surface area contributed by atoms with Gasteiger partial charge in [0.05, 0.1) is 11.4 Å². The standard InChI is InChI=1S/C32H31F2N5O2S2/c1-3-4-13-38-29(37-16-14-36(15-17-37)25-11-9-24(34)10-12-25)26(21(2)27(19-35)30(38)40)18-28-31(41)39(32(42)43-28)20-22-5-7-23(33)8-6-22/h5-12,18H,3-4,13-17,20H2,1-2H3/b28-18+. The molecule has 0 saturated carbocycles. The summed E-state index contributed by atoms with van der Waals surface area (Å²) < 4.78 is 29.0. The molecule has 0 spiro atoms. The lowest BCUT2D eigenvalue weighted by Crippen LogP contribution is -2.48. The molecule has 0 N–H and O–H groups in total. The van der Waals surface area contributed by atoms with Crippen molar-refractivity contribution in [2.24, 2.45) is 0 Å². The predicted octanol–water partition coefficient (Wildman–Crippen LogP) is 5.83. The third-order valence-corrected chi connectivity index (χ3v) is 9.13. The summed E-state index contributed by atoms with van der Waals surface area (Å²) in [5, 5.41) is 9.98. The molecule has 43 heavy (non-hydrogen) atoms. The topological polar surface area (TPSA) is 72.6 Å². The largest absolute Gasteiger partial charge is 0.368 e. The van der Waals surface area contributed by atoms with Crippen molar-refractivity contribution in [3.8, 4) is 6.07 Å². The Morgan fingerprint density at radius 3 is 2.19 bits per heavy atom. The van der Waals surface area contributed by atoms with Crippen molar-refractivity contribution >= 4 is 51.8 Å². The van der Waals surface area contributed by atoms with Crippen LogP contribution in [0.1, 0.15) is 42.0 Å². The lowest BCUT2D eigenvalue weighted by atomic mass is 10.0. The first kappa shape index (κ1) is 30.4. The summed E-state index contributed by atoms with van der Waals surface area (Å²) >= 11 is 6.72. The quantitative estimate of drug-likeness (QED) is 0.232. The summed E-state index contributed by atoms with van der Waals surface area (Å²) in [7, 11) is 0. The molecule has 2 aromatic carbocycles. The van der Waals surface area contributed by atoms with Gasteiger partial charge in [0.25, 0.3) is 11.5 Å². The van der Waals surface area contributed by atoms with E-state index in [9.17, 15) is 23.6 Å². The number of rotatable bonds is 8. The number of aromatic nitrogens is 1. The maximum absolute atomic E-state index is 13.6. The number of thioether (sulfide) groups is 1. The molecule has 3 aromatic rings. The zero-order valence-corrected chi connectivity index (χ0v) is 25.6. The zero-order chi connectivity index (χ0) is 30.7. The molecule has 2 saturated heterocycles. The van der Waals surface area contributed by atoms with Gasteiger partial charge in [0.1, 0.15) is 33.4 Å². The highest BCUT2D eigenvalue weighted by Gasteiger charge is 2.34. The Morgan fingerprint density at radius 1 is 0.977 bits per heavy atom. The molecule has 2 aliphatic rings. The summed E-state index contributed by atoms with van der Waals surface area (Å²) in [5.41, 5.74) is 2.54. The van der Waals surface area contributed by atoms with Crippen molar-refractivity contribution in [3.05, 3.63) is 97.7 Å². The van der Waals surface area contributed by atoms with Gasteiger partial charge >= 0.3 is 0 Å². The molecule has 0 unspecified atom stereocenters. The van der Waals surface area contributed by atoms with E-state index >= 15 is 0 Å². The zero-order valence-electron chi connectivity index (χ0n) is 24.0. The van der Waals surface area contributed by atoms with E-state index in [1.54, 1.807) is 41.8 Å². The minimum atomic E-state index is -0.359. The molecular weight excluding hydrogens is 589 g/mol. The predicted molar refractivity (Wildman–Crippen MR) is 171 cm³/mol. The number of pyridine rings is 1. The minimum absolute atomic E-state index is 0.0536. The molecule has 222 valence electrons. The Labute approximate surface area is 259 Å². The van der Waals surface area contributed by atoms with Gasteiger partial charge in [-0.2, -0.15) is 5.26 Å². The number of halogens is 2. The molecule has 0 aliphatic carbocycles. The number of unbranched alkanes of at least 4 members (excludes halogenated alkanes) is 1. The van der Waals surface area contributed by atoms with E-state index in [1.165, 1.54) is 40.9 Å². The van der Waals surface area contributed by atoms with Gasteiger partial charge in [0, 0.05) is 44.0 Å². The average molecular weight is 620 g/mol. The van der Waals surface area contributed by atoms with Crippen LogP contribution in [-0.2, 0) is 17.9 Å². The third-order valence-electron chi connectivity index (χ3n) is 7.76. The van der Waals surface area contributed by atoms with Crippen LogP contribution in [-0.4, -0.2) is 45.9 Å². The fourth-order valence-corrected chi connectivity index (χ4v) is 6.61. The van der Waals surface area contributed by atoms with Crippen molar-refractivity contribution in [3.63, 3.8) is 0 Å². The number of carbonyl (C=O) groups excluding carboxylic acids is 1. The van der Waals surface area contributed by atoms with Gasteiger partial charge in [-0.1, -0.05) is 49.5 Å². The lowest BCUT2D eigenvalue weighted by Gasteiger charge is -2.39. The molecule has 0 bridgehead atoms. The Kier molecular flexibility index (Phi) is 9.28. The third kappa shape index (κ3) is 6.36. The highest BCUT2D eigenvalue weighted by Crippen LogP contribution is 2.37. The maximum Gasteiger partial charge on any atom is 0.270 e. The van der Waals surface area contributed by atoms with Gasteiger partial charge in [-0.25, -0.2) is 8.78 Å². The van der Waals surface area contributed by atoms with Crippen LogP contribution in [0.2, 0.25) is 0 Å². The van der Waals surface area contributed by atoms with E-state index in [-0.39, 0.29) is 35.2 Å². The van der Waals surface area contributed by atoms with Gasteiger partial charge in [0.15, 0.2) is 0 Å². The number of anilines is 2. The first-order valence-corrected chi connectivity index (χ1v) is 15.4. The lowest BCUT2D eigenvalue weighted by molar-refractivity contribution is -0.122. The van der Waals surface area contributed by atoms with E-state index in [0.29, 0.717) is 58.9 Å². The summed E-state index contributed by atoms with van der Waals surface area (Å²) in [4.78, 5) is 33.4. The van der Waals surface area contributed by atoms with Crippen molar-refractivity contribution in [2.75, 3.05) is 36.0 Å². The second kappa shape index (κ2) is 13.1. The highest BCUT2D eigenvalue weighted by molar-refractivity contribution is 8.26. The fourth-order valence-electron chi connectivity index (χ4n) is 5.38. The molecular formula is C32H31F2N5O2S2. The Bertz CT molecular complexity index is 1670. The Morgan fingerprint density at radius 2 is 1.58 bits per heavy atom. The van der Waals surface area contributed by atoms with Gasteiger partial charge < -0.3 is 9.80 Å². The number of nitrogens with zero attached hydrogens (tertiary/aromatic N) is 5. The van der Waals surface area contributed by atoms with Gasteiger partial charge in [-0.15, -0.1) is 0 Å². The molecule has 7 nitrogen and oxygen atoms in total. The number of hydrogen-bond acceptors (Lipinski definition) is 7. The first-order valence-electron chi connectivity index (χ1n) is 14.1. The molecule has 2 fully saturated rings. The highest BCUT2D eigenvalue weighted by atomic mass is 32.2. The number of benzene rings is 2. The van der Waals surface area contributed by atoms with E-state index in [2.05, 4.69) is 15.9 Å². The number of nitriles is 1. The van der Waals surface area contributed by atoms with Crippen LogP contribution < -0.4 is 15.4 Å². The summed E-state index contributed by atoms with van der Waals surface area (Å²) in [6, 6.07) is 14.4.